The molecule has 0 aromatic heterocycles. The Balaban J connectivity index is 1.76. The highest BCUT2D eigenvalue weighted by Gasteiger charge is 2.48. The summed E-state index contributed by atoms with van der Waals surface area (Å²) in [5.74, 6) is -1.03. The third-order valence-electron chi connectivity index (χ3n) is 6.10. The summed E-state index contributed by atoms with van der Waals surface area (Å²) in [4.78, 5) is 41.6. The molecule has 8 heteroatoms. The lowest BCUT2D eigenvalue weighted by atomic mass is 9.93. The third-order valence-corrected chi connectivity index (χ3v) is 6.10. The molecule has 5 atom stereocenters. The first kappa shape index (κ1) is 24.0. The van der Waals surface area contributed by atoms with E-state index in [0.29, 0.717) is 13.0 Å². The SMILES string of the molecule is COC(C(C)C(=O)N1C(=O)O[C@@H](c2ccccc2)[C@H]1C)[C@@H]1CCCN1C(=O)OC(C)(C)C. The lowest BCUT2D eigenvalue weighted by Crippen LogP contribution is -2.52. The average Bonchev–Trinajstić information content (AvgIpc) is 3.32. The van der Waals surface area contributed by atoms with E-state index in [0.717, 1.165) is 12.0 Å². The fourth-order valence-corrected chi connectivity index (χ4v) is 4.58. The molecule has 0 saturated carbocycles. The molecule has 2 unspecified atom stereocenters. The van der Waals surface area contributed by atoms with E-state index in [2.05, 4.69) is 0 Å². The molecule has 8 nitrogen and oxygen atoms in total. The van der Waals surface area contributed by atoms with Crippen LogP contribution in [0.25, 0.3) is 0 Å². The van der Waals surface area contributed by atoms with Gasteiger partial charge in [-0.05, 0) is 46.1 Å². The second kappa shape index (κ2) is 9.48. The Bertz CT molecular complexity index is 837. The van der Waals surface area contributed by atoms with Gasteiger partial charge in [0.15, 0.2) is 0 Å². The van der Waals surface area contributed by atoms with Crippen LogP contribution in [0.5, 0.6) is 0 Å². The van der Waals surface area contributed by atoms with Crippen molar-refractivity contribution in [3.8, 4) is 0 Å². The number of benzene rings is 1. The van der Waals surface area contributed by atoms with E-state index in [-0.39, 0.29) is 11.9 Å². The molecule has 1 aromatic rings. The normalized spacial score (nSPS) is 25.4. The van der Waals surface area contributed by atoms with Crippen LogP contribution in [0.1, 0.15) is 59.1 Å². The second-order valence-electron chi connectivity index (χ2n) is 9.54. The number of methoxy groups -OCH3 is 1. The van der Waals surface area contributed by atoms with Crippen LogP contribution in [-0.4, -0.2) is 65.3 Å². The minimum atomic E-state index is -0.659. The lowest BCUT2D eigenvalue weighted by Gasteiger charge is -2.35. The molecular formula is C24H34N2O6. The summed E-state index contributed by atoms with van der Waals surface area (Å²) < 4.78 is 16.8. The fourth-order valence-electron chi connectivity index (χ4n) is 4.58. The second-order valence-corrected chi connectivity index (χ2v) is 9.54. The maximum atomic E-state index is 13.4. The molecule has 0 spiro atoms. The van der Waals surface area contributed by atoms with Crippen LogP contribution in [0.3, 0.4) is 0 Å². The number of likely N-dealkylation sites (tertiary alicyclic amines) is 1. The number of carbonyl (C=O) groups excluding carboxylic acids is 3. The number of cyclic esters (lactones) is 1. The van der Waals surface area contributed by atoms with Crippen molar-refractivity contribution in [2.75, 3.05) is 13.7 Å². The van der Waals surface area contributed by atoms with Crippen LogP contribution in [0, 0.1) is 5.92 Å². The van der Waals surface area contributed by atoms with Crippen molar-refractivity contribution >= 4 is 18.1 Å². The number of hydrogen-bond donors (Lipinski definition) is 0. The van der Waals surface area contributed by atoms with E-state index in [1.54, 1.807) is 18.7 Å². The van der Waals surface area contributed by atoms with E-state index in [1.165, 1.54) is 12.0 Å². The predicted molar refractivity (Wildman–Crippen MR) is 118 cm³/mol. The van der Waals surface area contributed by atoms with E-state index in [4.69, 9.17) is 14.2 Å². The molecule has 0 radical (unpaired) electrons. The largest absolute Gasteiger partial charge is 0.444 e. The zero-order chi connectivity index (χ0) is 23.6. The molecule has 0 aliphatic carbocycles. The van der Waals surface area contributed by atoms with E-state index in [1.807, 2.05) is 51.1 Å². The van der Waals surface area contributed by atoms with Crippen molar-refractivity contribution in [1.82, 2.24) is 9.80 Å². The van der Waals surface area contributed by atoms with Gasteiger partial charge in [-0.3, -0.25) is 4.79 Å². The fraction of sp³-hybridized carbons (Fsp3) is 0.625. The molecule has 2 aliphatic rings. The molecule has 2 saturated heterocycles. The predicted octanol–water partition coefficient (Wildman–Crippen LogP) is 4.15. The van der Waals surface area contributed by atoms with Crippen molar-refractivity contribution in [3.63, 3.8) is 0 Å². The van der Waals surface area contributed by atoms with Crippen LogP contribution in [-0.2, 0) is 19.0 Å². The number of imide groups is 1. The van der Waals surface area contributed by atoms with Gasteiger partial charge in [0.25, 0.3) is 0 Å². The van der Waals surface area contributed by atoms with E-state index >= 15 is 0 Å². The van der Waals surface area contributed by atoms with Crippen molar-refractivity contribution < 1.29 is 28.6 Å². The van der Waals surface area contributed by atoms with Crippen LogP contribution >= 0.6 is 0 Å². The first-order chi connectivity index (χ1) is 15.0. The summed E-state index contributed by atoms with van der Waals surface area (Å²) in [6, 6.07) is 8.61. The van der Waals surface area contributed by atoms with Gasteiger partial charge in [0.05, 0.1) is 24.1 Å². The van der Waals surface area contributed by atoms with Crippen molar-refractivity contribution in [1.29, 1.82) is 0 Å². The van der Waals surface area contributed by atoms with Gasteiger partial charge in [0.2, 0.25) is 5.91 Å². The molecular weight excluding hydrogens is 412 g/mol. The van der Waals surface area contributed by atoms with Crippen molar-refractivity contribution in [3.05, 3.63) is 35.9 Å². The number of nitrogens with zero attached hydrogens (tertiary/aromatic N) is 2. The Hall–Kier alpha value is -2.61. The van der Waals surface area contributed by atoms with Crippen LogP contribution in [0.2, 0.25) is 0 Å². The Kier molecular flexibility index (Phi) is 7.12. The quantitative estimate of drug-likeness (QED) is 0.676. The molecule has 2 heterocycles. The Morgan fingerprint density at radius 3 is 2.44 bits per heavy atom. The molecule has 176 valence electrons. The first-order valence-corrected chi connectivity index (χ1v) is 11.2. The van der Waals surface area contributed by atoms with Crippen molar-refractivity contribution in [2.45, 2.75) is 77.4 Å². The van der Waals surface area contributed by atoms with Crippen LogP contribution in [0.15, 0.2) is 30.3 Å². The topological polar surface area (TPSA) is 85.4 Å². The zero-order valence-electron chi connectivity index (χ0n) is 19.7. The number of carbonyl (C=O) groups is 3. The average molecular weight is 447 g/mol. The molecule has 1 aromatic carbocycles. The molecule has 0 bridgehead atoms. The highest BCUT2D eigenvalue weighted by molar-refractivity contribution is 5.95. The zero-order valence-corrected chi connectivity index (χ0v) is 19.7. The van der Waals surface area contributed by atoms with Gasteiger partial charge in [-0.2, -0.15) is 0 Å². The summed E-state index contributed by atoms with van der Waals surface area (Å²) in [7, 11) is 1.53. The van der Waals surface area contributed by atoms with Gasteiger partial charge in [-0.25, -0.2) is 14.5 Å². The number of rotatable bonds is 5. The molecule has 3 amide bonds. The maximum absolute atomic E-state index is 13.4. The van der Waals surface area contributed by atoms with Crippen LogP contribution < -0.4 is 0 Å². The third kappa shape index (κ3) is 4.90. The number of ether oxygens (including phenoxy) is 3. The Labute approximate surface area is 189 Å². The summed E-state index contributed by atoms with van der Waals surface area (Å²) in [6.45, 7) is 9.53. The highest BCUT2D eigenvalue weighted by Crippen LogP contribution is 2.35. The molecule has 2 aliphatic heterocycles. The Morgan fingerprint density at radius 2 is 1.84 bits per heavy atom. The van der Waals surface area contributed by atoms with Crippen molar-refractivity contribution in [2.24, 2.45) is 5.92 Å². The molecule has 3 rings (SSSR count). The molecule has 2 fully saturated rings. The van der Waals surface area contributed by atoms with Gasteiger partial charge in [-0.1, -0.05) is 37.3 Å². The first-order valence-electron chi connectivity index (χ1n) is 11.2. The number of hydrogen-bond acceptors (Lipinski definition) is 6. The minimum Gasteiger partial charge on any atom is -0.444 e. The van der Waals surface area contributed by atoms with Gasteiger partial charge < -0.3 is 19.1 Å². The minimum absolute atomic E-state index is 0.312. The number of amides is 3. The van der Waals surface area contributed by atoms with Crippen LogP contribution in [0.4, 0.5) is 9.59 Å². The molecule has 0 N–H and O–H groups in total. The smallest absolute Gasteiger partial charge is 0.417 e. The maximum Gasteiger partial charge on any atom is 0.417 e. The van der Waals surface area contributed by atoms with Gasteiger partial charge in [-0.15, -0.1) is 0 Å². The Morgan fingerprint density at radius 1 is 1.19 bits per heavy atom. The summed E-state index contributed by atoms with van der Waals surface area (Å²) in [6.07, 6.45) is -0.683. The summed E-state index contributed by atoms with van der Waals surface area (Å²) in [5.41, 5.74) is 0.224. The van der Waals surface area contributed by atoms with Gasteiger partial charge in [0.1, 0.15) is 11.7 Å². The van der Waals surface area contributed by atoms with Gasteiger partial charge in [0, 0.05) is 13.7 Å². The monoisotopic (exact) mass is 446 g/mol. The van der Waals surface area contributed by atoms with E-state index < -0.39 is 42.0 Å². The summed E-state index contributed by atoms with van der Waals surface area (Å²) >= 11 is 0. The van der Waals surface area contributed by atoms with E-state index in [9.17, 15) is 14.4 Å². The molecule has 32 heavy (non-hydrogen) atoms. The highest BCUT2D eigenvalue weighted by atomic mass is 16.6. The summed E-state index contributed by atoms with van der Waals surface area (Å²) in [5, 5.41) is 0. The lowest BCUT2D eigenvalue weighted by molar-refractivity contribution is -0.139. The van der Waals surface area contributed by atoms with Gasteiger partial charge >= 0.3 is 12.2 Å². The standard InChI is InChI=1S/C24H34N2O6/c1-15(19(30-6)18-13-10-14-25(18)22(28)32-24(3,4)5)21(27)26-16(2)20(31-23(26)29)17-11-8-7-9-12-17/h7-9,11-12,15-16,18-20H,10,13-14H2,1-6H3/t15?,16-,18+,19?,20-/m1/s1.